The summed E-state index contributed by atoms with van der Waals surface area (Å²) in [7, 11) is 2.09. The van der Waals surface area contributed by atoms with Crippen molar-refractivity contribution in [1.29, 1.82) is 0 Å². The number of aliphatic hydroxyl groups is 6. The number of rotatable bonds is 20. The second-order valence-electron chi connectivity index (χ2n) is 8.81. The second kappa shape index (κ2) is 17.7. The van der Waals surface area contributed by atoms with Gasteiger partial charge >= 0.3 is 0 Å². The molecule has 0 heterocycles. The van der Waals surface area contributed by atoms with Gasteiger partial charge in [-0.15, -0.1) is 0 Å². The van der Waals surface area contributed by atoms with Crippen molar-refractivity contribution in [3.8, 4) is 0 Å². The van der Waals surface area contributed by atoms with Crippen LogP contribution in [0.25, 0.3) is 0 Å². The Kier molecular flexibility index (Phi) is 17.2. The molecule has 0 bridgehead atoms. The average Bonchev–Trinajstić information content (AvgIpc) is 2.76. The lowest BCUT2D eigenvalue weighted by Gasteiger charge is -2.34. The molecule has 9 heteroatoms. The molecule has 0 aliphatic heterocycles. The number of hydrogen-bond acceptors (Lipinski definition) is 7. The van der Waals surface area contributed by atoms with Crippen molar-refractivity contribution in [3.05, 3.63) is 0 Å². The molecule has 0 aliphatic carbocycles. The quantitative estimate of drug-likeness (QED) is 0.0974. The van der Waals surface area contributed by atoms with Crippen LogP contribution in [0.15, 0.2) is 0 Å². The Morgan fingerprint density at radius 2 is 1.35 bits per heavy atom. The van der Waals surface area contributed by atoms with Crippen LogP contribution in [-0.2, 0) is 4.79 Å². The van der Waals surface area contributed by atoms with Crippen LogP contribution in [0.2, 0.25) is 0 Å². The van der Waals surface area contributed by atoms with Crippen LogP contribution in [0.5, 0.6) is 0 Å². The van der Waals surface area contributed by atoms with Crippen molar-refractivity contribution in [1.82, 2.24) is 5.32 Å². The van der Waals surface area contributed by atoms with Gasteiger partial charge in [0.25, 0.3) is 5.91 Å². The first-order chi connectivity index (χ1) is 14.7. The third-order valence-electron chi connectivity index (χ3n) is 5.89. The molecule has 0 aromatic carbocycles. The highest BCUT2D eigenvalue weighted by molar-refractivity contribution is 5.81. The number of nitrogens with zero attached hydrogens (tertiary/aromatic N) is 1. The molecule has 0 aliphatic rings. The lowest BCUT2D eigenvalue weighted by atomic mass is 10.0. The molecule has 0 aromatic rings. The van der Waals surface area contributed by atoms with E-state index in [2.05, 4.69) is 19.3 Å². The predicted molar refractivity (Wildman–Crippen MR) is 119 cm³/mol. The Balaban J connectivity index is 4.21. The summed E-state index contributed by atoms with van der Waals surface area (Å²) in [6.45, 7) is 4.13. The summed E-state index contributed by atoms with van der Waals surface area (Å²) in [5.74, 6) is -0.851. The zero-order chi connectivity index (χ0) is 23.7. The average molecular weight is 452 g/mol. The molecule has 186 valence electrons. The van der Waals surface area contributed by atoms with Crippen molar-refractivity contribution in [3.63, 3.8) is 0 Å². The van der Waals surface area contributed by atoms with Crippen LogP contribution >= 0.6 is 0 Å². The van der Waals surface area contributed by atoms with E-state index in [0.29, 0.717) is 17.4 Å². The summed E-state index contributed by atoms with van der Waals surface area (Å²) >= 11 is 0. The van der Waals surface area contributed by atoms with E-state index in [1.165, 1.54) is 44.9 Å². The number of carbonyl (C=O) groups excluding carboxylic acids is 1. The molecule has 0 rings (SSSR count). The van der Waals surface area contributed by atoms with Gasteiger partial charge in [-0.1, -0.05) is 45.4 Å². The van der Waals surface area contributed by atoms with Gasteiger partial charge in [0.1, 0.15) is 24.9 Å². The molecule has 5 unspecified atom stereocenters. The van der Waals surface area contributed by atoms with E-state index in [4.69, 9.17) is 5.11 Å². The van der Waals surface area contributed by atoms with Gasteiger partial charge in [0.2, 0.25) is 0 Å². The first kappa shape index (κ1) is 30.2. The normalized spacial score (nSPS) is 17.5. The highest BCUT2D eigenvalue weighted by Crippen LogP contribution is 2.12. The SMILES string of the molecule is CCCCCCCCCC[N+](C)(CCO)CCCNC(=O)C(O)C(O)C(O)C(O)CO. The molecule has 9 nitrogen and oxygen atoms in total. The van der Waals surface area contributed by atoms with Crippen LogP contribution < -0.4 is 5.32 Å². The molecule has 0 saturated carbocycles. The lowest BCUT2D eigenvalue weighted by molar-refractivity contribution is -0.910. The third-order valence-corrected chi connectivity index (χ3v) is 5.89. The summed E-state index contributed by atoms with van der Waals surface area (Å²) in [6.07, 6.45) is 3.28. The van der Waals surface area contributed by atoms with E-state index in [0.717, 1.165) is 19.5 Å². The largest absolute Gasteiger partial charge is 0.394 e. The van der Waals surface area contributed by atoms with Crippen molar-refractivity contribution in [2.75, 3.05) is 46.4 Å². The van der Waals surface area contributed by atoms with Gasteiger partial charge in [-0.2, -0.15) is 0 Å². The van der Waals surface area contributed by atoms with Crippen LogP contribution in [-0.4, -0.2) is 112 Å². The van der Waals surface area contributed by atoms with Crippen LogP contribution in [0.4, 0.5) is 0 Å². The fourth-order valence-electron chi connectivity index (χ4n) is 3.66. The number of aliphatic hydroxyl groups excluding tert-OH is 6. The van der Waals surface area contributed by atoms with E-state index in [9.17, 15) is 30.3 Å². The van der Waals surface area contributed by atoms with Crippen molar-refractivity contribution < 1.29 is 39.9 Å². The molecule has 1 amide bonds. The molecule has 0 radical (unpaired) electrons. The number of likely N-dealkylation sites (N-methyl/N-ethyl adjacent to an activating group) is 1. The fourth-order valence-corrected chi connectivity index (χ4v) is 3.66. The molecule has 7 N–H and O–H groups in total. The molecule has 5 atom stereocenters. The zero-order valence-electron chi connectivity index (χ0n) is 19.5. The van der Waals surface area contributed by atoms with E-state index in [1.807, 2.05) is 0 Å². The summed E-state index contributed by atoms with van der Waals surface area (Å²) in [5.41, 5.74) is 0. The van der Waals surface area contributed by atoms with Crippen molar-refractivity contribution in [2.24, 2.45) is 0 Å². The Morgan fingerprint density at radius 3 is 1.90 bits per heavy atom. The Bertz CT molecular complexity index is 456. The highest BCUT2D eigenvalue weighted by Gasteiger charge is 2.34. The Morgan fingerprint density at radius 1 is 0.806 bits per heavy atom. The highest BCUT2D eigenvalue weighted by atomic mass is 16.4. The maximum atomic E-state index is 12.0. The number of amides is 1. The first-order valence-corrected chi connectivity index (χ1v) is 11.8. The maximum Gasteiger partial charge on any atom is 0.251 e. The fraction of sp³-hybridized carbons (Fsp3) is 0.955. The van der Waals surface area contributed by atoms with E-state index in [-0.39, 0.29) is 13.2 Å². The minimum atomic E-state index is -1.91. The number of carbonyl (C=O) groups is 1. The Hall–Kier alpha value is -0.810. The smallest absolute Gasteiger partial charge is 0.251 e. The molecule has 31 heavy (non-hydrogen) atoms. The molecule has 0 aromatic heterocycles. The van der Waals surface area contributed by atoms with Gasteiger partial charge in [0.15, 0.2) is 6.10 Å². The summed E-state index contributed by atoms with van der Waals surface area (Å²) in [6, 6.07) is 0. The lowest BCUT2D eigenvalue weighted by Crippen LogP contribution is -2.52. The van der Waals surface area contributed by atoms with E-state index < -0.39 is 36.9 Å². The van der Waals surface area contributed by atoms with Crippen LogP contribution in [0.3, 0.4) is 0 Å². The van der Waals surface area contributed by atoms with Gasteiger partial charge in [-0.05, 0) is 12.8 Å². The number of unbranched alkanes of at least 4 members (excludes halogenated alkanes) is 7. The summed E-state index contributed by atoms with van der Waals surface area (Å²) in [4.78, 5) is 12.0. The minimum absolute atomic E-state index is 0.0931. The van der Waals surface area contributed by atoms with Crippen LogP contribution in [0, 0.1) is 0 Å². The Labute approximate surface area is 187 Å². The van der Waals surface area contributed by atoms with E-state index >= 15 is 0 Å². The molecule has 0 saturated heterocycles. The minimum Gasteiger partial charge on any atom is -0.394 e. The van der Waals surface area contributed by atoms with Crippen LogP contribution in [0.1, 0.15) is 64.7 Å². The maximum absolute atomic E-state index is 12.0. The van der Waals surface area contributed by atoms with Crippen molar-refractivity contribution in [2.45, 2.75) is 89.1 Å². The standard InChI is InChI=1S/C22H46N2O7/c1-3-4-5-6-7-8-9-10-13-24(2,15-16-25)14-11-12-23-22(31)21(30)20(29)19(28)18(27)17-26/h18-21,25-30H,3-17H2,1-2H3/p+1. The monoisotopic (exact) mass is 451 g/mol. The predicted octanol–water partition coefficient (Wildman–Crippen LogP) is -0.492. The molecular formula is C22H47N2O7+. The topological polar surface area (TPSA) is 150 Å². The van der Waals surface area contributed by atoms with Crippen molar-refractivity contribution >= 4 is 5.91 Å². The van der Waals surface area contributed by atoms with Gasteiger partial charge < -0.3 is 40.4 Å². The number of nitrogens with one attached hydrogen (secondary N) is 1. The summed E-state index contributed by atoms with van der Waals surface area (Å²) in [5, 5.41) is 59.2. The number of hydrogen-bond donors (Lipinski definition) is 7. The molecular weight excluding hydrogens is 404 g/mol. The van der Waals surface area contributed by atoms with Gasteiger partial charge in [0.05, 0.1) is 33.4 Å². The molecule has 0 fully saturated rings. The van der Waals surface area contributed by atoms with E-state index in [1.54, 1.807) is 0 Å². The van der Waals surface area contributed by atoms with Gasteiger partial charge in [0, 0.05) is 13.0 Å². The molecule has 0 spiro atoms. The first-order valence-electron chi connectivity index (χ1n) is 11.8. The summed E-state index contributed by atoms with van der Waals surface area (Å²) < 4.78 is 0.703. The second-order valence-corrected chi connectivity index (χ2v) is 8.81. The third kappa shape index (κ3) is 13.4. The van der Waals surface area contributed by atoms with Gasteiger partial charge in [-0.3, -0.25) is 4.79 Å². The van der Waals surface area contributed by atoms with Gasteiger partial charge in [-0.25, -0.2) is 0 Å². The zero-order valence-corrected chi connectivity index (χ0v) is 19.5. The number of quaternary nitrogens is 1.